The topological polar surface area (TPSA) is 18.5 Å². The van der Waals surface area contributed by atoms with Gasteiger partial charge in [0.25, 0.3) is 0 Å². The van der Waals surface area contributed by atoms with E-state index in [1.807, 2.05) is 13.8 Å². The molecule has 0 aromatic rings. The minimum absolute atomic E-state index is 0.150. The first-order valence-corrected chi connectivity index (χ1v) is 7.83. The van der Waals surface area contributed by atoms with E-state index in [9.17, 15) is 0 Å². The molecule has 0 spiro atoms. The van der Waals surface area contributed by atoms with E-state index in [0.717, 1.165) is 0 Å². The Bertz CT molecular complexity index is 279. The first kappa shape index (κ1) is 12.4. The molecule has 5 radical (unpaired) electrons. The third kappa shape index (κ3) is 1.97. The Morgan fingerprint density at radius 3 is 1.94 bits per heavy atom. The van der Waals surface area contributed by atoms with Crippen molar-refractivity contribution in [3.8, 4) is 0 Å². The van der Waals surface area contributed by atoms with Gasteiger partial charge in [-0.15, -0.1) is 0 Å². The fourth-order valence-electron chi connectivity index (χ4n) is 3.26. The van der Waals surface area contributed by atoms with Gasteiger partial charge < -0.3 is 9.47 Å². The highest BCUT2D eigenvalue weighted by Crippen LogP contribution is 2.68. The van der Waals surface area contributed by atoms with Crippen LogP contribution in [0.1, 0.15) is 27.7 Å². The smallest absolute Gasteiger partial charge is 0.163 e. The monoisotopic (exact) mass is 251 g/mol. The van der Waals surface area contributed by atoms with Crippen LogP contribution in [0.15, 0.2) is 0 Å². The highest BCUT2D eigenvalue weighted by Gasteiger charge is 2.57. The van der Waals surface area contributed by atoms with Crippen molar-refractivity contribution in [2.45, 2.75) is 57.0 Å². The second-order valence-electron chi connectivity index (χ2n) is 5.60. The molecule has 93 valence electrons. The van der Waals surface area contributed by atoms with Gasteiger partial charge >= 0.3 is 0 Å². The van der Waals surface area contributed by atoms with E-state index in [-0.39, 0.29) is 20.1 Å². The van der Waals surface area contributed by atoms with Crippen molar-refractivity contribution < 1.29 is 9.47 Å². The van der Waals surface area contributed by atoms with E-state index in [4.69, 9.17) is 9.47 Å². The summed E-state index contributed by atoms with van der Waals surface area (Å²) in [4.78, 5) is 0. The zero-order chi connectivity index (χ0) is 12.2. The maximum atomic E-state index is 6.08. The molecule has 4 atom stereocenters. The van der Waals surface area contributed by atoms with Gasteiger partial charge in [-0.1, -0.05) is 21.8 Å². The van der Waals surface area contributed by atoms with Crippen LogP contribution in [0, 0.1) is 31.3 Å². The van der Waals surface area contributed by atoms with E-state index in [2.05, 4.69) is 39.5 Å². The Labute approximate surface area is 106 Å². The first-order chi connectivity index (χ1) is 7.99. The van der Waals surface area contributed by atoms with Crippen LogP contribution in [-0.4, -0.2) is 29.3 Å². The minimum atomic E-state index is -0.398. The van der Waals surface area contributed by atoms with E-state index in [0.29, 0.717) is 11.3 Å². The standard InChI is InChI=1S/C14H20O2P/c1-9-12-13(16-14(3,4)15-12)10(2)17(9)11-7-5-6-8-11/h5-10,12-13H,1-4H3/t9-,10-,12?,13?,17?/m0/s1. The Morgan fingerprint density at radius 1 is 1.00 bits per heavy atom. The average molecular weight is 251 g/mol. The van der Waals surface area contributed by atoms with E-state index < -0.39 is 5.79 Å². The summed E-state index contributed by atoms with van der Waals surface area (Å²) in [6, 6.07) is 0. The first-order valence-electron chi connectivity index (χ1n) is 6.35. The Morgan fingerprint density at radius 2 is 1.47 bits per heavy atom. The molecule has 3 heteroatoms. The summed E-state index contributed by atoms with van der Waals surface area (Å²) in [5.41, 5.74) is 2.68. The van der Waals surface area contributed by atoms with Crippen molar-refractivity contribution in [2.75, 3.05) is 0 Å². The van der Waals surface area contributed by atoms with Crippen molar-refractivity contribution in [3.63, 3.8) is 0 Å². The maximum absolute atomic E-state index is 6.08. The lowest BCUT2D eigenvalue weighted by molar-refractivity contribution is -0.147. The largest absolute Gasteiger partial charge is 0.344 e. The van der Waals surface area contributed by atoms with Crippen LogP contribution in [0.2, 0.25) is 0 Å². The van der Waals surface area contributed by atoms with Crippen LogP contribution in [-0.2, 0) is 9.47 Å². The Hall–Kier alpha value is 0.350. The molecule has 2 saturated heterocycles. The third-order valence-corrected chi connectivity index (χ3v) is 7.17. The summed E-state index contributed by atoms with van der Waals surface area (Å²) in [6.45, 7) is 8.69. The van der Waals surface area contributed by atoms with Gasteiger partial charge in [-0.2, -0.15) is 0 Å². The Kier molecular flexibility index (Phi) is 3.05. The molecular weight excluding hydrogens is 231 g/mol. The molecular formula is C14H20O2P. The number of fused-ring (bicyclic) bond motifs is 1. The highest BCUT2D eigenvalue weighted by molar-refractivity contribution is 7.63. The molecule has 0 bridgehead atoms. The van der Waals surface area contributed by atoms with Gasteiger partial charge in [0, 0.05) is 17.0 Å². The molecule has 3 rings (SSSR count). The lowest BCUT2D eigenvalue weighted by atomic mass is 10.1. The maximum Gasteiger partial charge on any atom is 0.163 e. The zero-order valence-corrected chi connectivity index (χ0v) is 11.8. The molecule has 0 aromatic carbocycles. The van der Waals surface area contributed by atoms with Crippen LogP contribution in [0.3, 0.4) is 0 Å². The van der Waals surface area contributed by atoms with Crippen LogP contribution < -0.4 is 0 Å². The number of ether oxygens (including phenoxy) is 2. The SMILES string of the molecule is C[C@H]1C2OC(C)(C)OC2[C@H](C)P1[C]1[CH][CH][CH][CH]1. The van der Waals surface area contributed by atoms with Gasteiger partial charge in [0.05, 0.1) is 12.2 Å². The van der Waals surface area contributed by atoms with Crippen LogP contribution in [0.25, 0.3) is 0 Å². The van der Waals surface area contributed by atoms with Crippen LogP contribution >= 0.6 is 7.92 Å². The second kappa shape index (κ2) is 4.18. The highest BCUT2D eigenvalue weighted by atomic mass is 31.1. The van der Waals surface area contributed by atoms with Crippen molar-refractivity contribution in [3.05, 3.63) is 31.3 Å². The second-order valence-corrected chi connectivity index (χ2v) is 8.56. The molecule has 1 saturated carbocycles. The van der Waals surface area contributed by atoms with Crippen LogP contribution in [0.4, 0.5) is 0 Å². The summed E-state index contributed by atoms with van der Waals surface area (Å²) in [6.07, 6.45) is 9.34. The predicted octanol–water partition coefficient (Wildman–Crippen LogP) is 3.14. The molecule has 17 heavy (non-hydrogen) atoms. The minimum Gasteiger partial charge on any atom is -0.344 e. The molecule has 0 amide bonds. The van der Waals surface area contributed by atoms with Gasteiger partial charge in [-0.3, -0.25) is 0 Å². The van der Waals surface area contributed by atoms with Crippen molar-refractivity contribution in [1.82, 2.24) is 0 Å². The molecule has 2 heterocycles. The molecule has 3 fully saturated rings. The average Bonchev–Trinajstić information content (AvgIpc) is 2.88. The summed E-state index contributed by atoms with van der Waals surface area (Å²) in [7, 11) is -0.150. The van der Waals surface area contributed by atoms with Crippen molar-refractivity contribution in [2.24, 2.45) is 0 Å². The fourth-order valence-corrected chi connectivity index (χ4v) is 6.55. The molecule has 0 N–H and O–H groups in total. The lowest BCUT2D eigenvalue weighted by Crippen LogP contribution is -2.27. The van der Waals surface area contributed by atoms with E-state index in [1.165, 1.54) is 5.66 Å². The summed E-state index contributed by atoms with van der Waals surface area (Å²) in [5.74, 6) is -0.398. The molecule has 0 aromatic heterocycles. The number of hydrogen-bond donors (Lipinski definition) is 0. The lowest BCUT2D eigenvalue weighted by Gasteiger charge is -2.31. The molecule has 1 aliphatic carbocycles. The van der Waals surface area contributed by atoms with Gasteiger partial charge in [0.1, 0.15) is 0 Å². The molecule has 2 nitrogen and oxygen atoms in total. The van der Waals surface area contributed by atoms with Crippen molar-refractivity contribution >= 4 is 7.92 Å². The number of hydrogen-bond acceptors (Lipinski definition) is 2. The van der Waals surface area contributed by atoms with E-state index in [1.54, 1.807) is 0 Å². The summed E-state index contributed by atoms with van der Waals surface area (Å²) < 4.78 is 12.2. The summed E-state index contributed by atoms with van der Waals surface area (Å²) >= 11 is 0. The number of rotatable bonds is 1. The molecule has 3 aliphatic rings. The van der Waals surface area contributed by atoms with Gasteiger partial charge in [0.2, 0.25) is 0 Å². The zero-order valence-electron chi connectivity index (χ0n) is 10.9. The van der Waals surface area contributed by atoms with E-state index >= 15 is 0 Å². The fraction of sp³-hybridized carbons (Fsp3) is 0.643. The van der Waals surface area contributed by atoms with Gasteiger partial charge in [0.15, 0.2) is 5.79 Å². The summed E-state index contributed by atoms with van der Waals surface area (Å²) in [5, 5.41) is 0. The molecule has 2 unspecified atom stereocenters. The molecule has 2 aliphatic heterocycles. The van der Waals surface area contributed by atoms with Gasteiger partial charge in [-0.25, -0.2) is 0 Å². The normalized spacial score (nSPS) is 49.8. The quantitative estimate of drug-likeness (QED) is 0.666. The third-order valence-electron chi connectivity index (χ3n) is 3.94. The van der Waals surface area contributed by atoms with Gasteiger partial charge in [-0.05, 0) is 39.5 Å². The Balaban J connectivity index is 1.78. The van der Waals surface area contributed by atoms with Crippen molar-refractivity contribution in [1.29, 1.82) is 0 Å². The van der Waals surface area contributed by atoms with Crippen LogP contribution in [0.5, 0.6) is 0 Å². The predicted molar refractivity (Wildman–Crippen MR) is 70.1 cm³/mol.